The van der Waals surface area contributed by atoms with Gasteiger partial charge in [-0.05, 0) is 49.1 Å². The highest BCUT2D eigenvalue weighted by atomic mass is 127. The molecule has 1 unspecified atom stereocenters. The van der Waals surface area contributed by atoms with Gasteiger partial charge in [0.2, 0.25) is 0 Å². The van der Waals surface area contributed by atoms with E-state index in [4.69, 9.17) is 0 Å². The quantitative estimate of drug-likeness (QED) is 0.324. The van der Waals surface area contributed by atoms with Crippen LogP contribution in [0.2, 0.25) is 0 Å². The highest BCUT2D eigenvalue weighted by Crippen LogP contribution is 2.10. The summed E-state index contributed by atoms with van der Waals surface area (Å²) in [5.74, 6) is 1.22. The number of guanidine groups is 1. The van der Waals surface area contributed by atoms with Gasteiger partial charge in [-0.1, -0.05) is 19.9 Å². The first-order valence-electron chi connectivity index (χ1n) is 10.2. The molecule has 1 saturated heterocycles. The Kier molecular flexibility index (Phi) is 11.9. The minimum Gasteiger partial charge on any atom is -0.356 e. The summed E-state index contributed by atoms with van der Waals surface area (Å²) < 4.78 is 13.2. The summed E-state index contributed by atoms with van der Waals surface area (Å²) in [4.78, 5) is 9.38. The van der Waals surface area contributed by atoms with Crippen LogP contribution in [-0.2, 0) is 6.42 Å². The average Bonchev–Trinajstić information content (AvgIpc) is 2.66. The van der Waals surface area contributed by atoms with Gasteiger partial charge in [0.05, 0.1) is 0 Å². The molecule has 0 radical (unpaired) electrons. The molecule has 1 aromatic rings. The standard InChI is InChI=1S/C21H36FN5.HI/c1-5-26-10-12-27(13-11-26)16-17(2)15-25-21(23-4)24-9-8-19-6-7-20(22)14-18(19)3;/h6-7,14,17H,5,8-13,15-16H2,1-4H3,(H2,23,24,25);1H. The minimum atomic E-state index is -0.174. The minimum absolute atomic E-state index is 0. The van der Waals surface area contributed by atoms with Crippen LogP contribution in [0.5, 0.6) is 0 Å². The number of halogens is 2. The Labute approximate surface area is 187 Å². The second-order valence-corrected chi connectivity index (χ2v) is 7.54. The molecule has 0 saturated carbocycles. The topological polar surface area (TPSA) is 42.9 Å². The predicted molar refractivity (Wildman–Crippen MR) is 127 cm³/mol. The van der Waals surface area contributed by atoms with Gasteiger partial charge in [-0.3, -0.25) is 4.99 Å². The molecule has 1 aromatic carbocycles. The van der Waals surface area contributed by atoms with E-state index in [-0.39, 0.29) is 29.8 Å². The summed E-state index contributed by atoms with van der Waals surface area (Å²) >= 11 is 0. The first kappa shape index (κ1) is 25.1. The second-order valence-electron chi connectivity index (χ2n) is 7.54. The van der Waals surface area contributed by atoms with Crippen molar-refractivity contribution in [1.82, 2.24) is 20.4 Å². The molecule has 1 aliphatic rings. The second kappa shape index (κ2) is 13.3. The van der Waals surface area contributed by atoms with Gasteiger partial charge in [-0.2, -0.15) is 0 Å². The van der Waals surface area contributed by atoms with Gasteiger partial charge in [0, 0.05) is 52.9 Å². The van der Waals surface area contributed by atoms with Crippen LogP contribution in [0.4, 0.5) is 4.39 Å². The molecular formula is C21H37FIN5. The molecule has 0 aromatic heterocycles. The maximum Gasteiger partial charge on any atom is 0.190 e. The number of aliphatic imine (C=N–C) groups is 1. The average molecular weight is 505 g/mol. The molecule has 2 N–H and O–H groups in total. The lowest BCUT2D eigenvalue weighted by Gasteiger charge is -2.35. The largest absolute Gasteiger partial charge is 0.356 e. The van der Waals surface area contributed by atoms with E-state index in [0.717, 1.165) is 44.1 Å². The zero-order valence-corrected chi connectivity index (χ0v) is 20.1. The third kappa shape index (κ3) is 8.61. The Balaban J connectivity index is 0.00000392. The molecule has 28 heavy (non-hydrogen) atoms. The fourth-order valence-electron chi connectivity index (χ4n) is 3.54. The van der Waals surface area contributed by atoms with Gasteiger partial charge < -0.3 is 20.4 Å². The lowest BCUT2D eigenvalue weighted by molar-refractivity contribution is 0.124. The smallest absolute Gasteiger partial charge is 0.190 e. The van der Waals surface area contributed by atoms with E-state index < -0.39 is 0 Å². The zero-order valence-electron chi connectivity index (χ0n) is 17.8. The molecule has 0 aliphatic carbocycles. The lowest BCUT2D eigenvalue weighted by atomic mass is 10.1. The van der Waals surface area contributed by atoms with Gasteiger partial charge >= 0.3 is 0 Å². The number of rotatable bonds is 8. The lowest BCUT2D eigenvalue weighted by Crippen LogP contribution is -2.48. The summed E-state index contributed by atoms with van der Waals surface area (Å²) in [5.41, 5.74) is 2.16. The van der Waals surface area contributed by atoms with Crippen molar-refractivity contribution in [2.24, 2.45) is 10.9 Å². The van der Waals surface area contributed by atoms with E-state index in [9.17, 15) is 4.39 Å². The summed E-state index contributed by atoms with van der Waals surface area (Å²) in [5, 5.41) is 6.79. The Hall–Kier alpha value is -0.930. The van der Waals surface area contributed by atoms with Crippen LogP contribution >= 0.6 is 24.0 Å². The molecule has 1 atom stereocenters. The molecule has 2 rings (SSSR count). The van der Waals surface area contributed by atoms with Crippen LogP contribution in [0, 0.1) is 18.7 Å². The molecule has 160 valence electrons. The predicted octanol–water partition coefficient (Wildman–Crippen LogP) is 2.73. The van der Waals surface area contributed by atoms with Gasteiger partial charge in [0.1, 0.15) is 5.82 Å². The Bertz CT molecular complexity index is 602. The first-order chi connectivity index (χ1) is 13.0. The Morgan fingerprint density at radius 2 is 1.86 bits per heavy atom. The van der Waals surface area contributed by atoms with E-state index in [1.165, 1.54) is 37.8 Å². The summed E-state index contributed by atoms with van der Waals surface area (Å²) in [6.45, 7) is 15.1. The van der Waals surface area contributed by atoms with E-state index in [1.807, 2.05) is 13.0 Å². The van der Waals surface area contributed by atoms with Crippen LogP contribution in [-0.4, -0.2) is 75.2 Å². The summed E-state index contributed by atoms with van der Waals surface area (Å²) in [6, 6.07) is 4.98. The molecular weight excluding hydrogens is 468 g/mol. The fraction of sp³-hybridized carbons (Fsp3) is 0.667. The zero-order chi connectivity index (χ0) is 19.6. The number of hydrogen-bond donors (Lipinski definition) is 2. The Morgan fingerprint density at radius 1 is 1.18 bits per heavy atom. The van der Waals surface area contributed by atoms with Crippen molar-refractivity contribution in [3.63, 3.8) is 0 Å². The maximum absolute atomic E-state index is 13.2. The molecule has 1 fully saturated rings. The number of aryl methyl sites for hydroxylation is 1. The number of hydrogen-bond acceptors (Lipinski definition) is 3. The van der Waals surface area contributed by atoms with Crippen molar-refractivity contribution >= 4 is 29.9 Å². The molecule has 1 aliphatic heterocycles. The van der Waals surface area contributed by atoms with Crippen molar-refractivity contribution in [3.8, 4) is 0 Å². The van der Waals surface area contributed by atoms with Crippen LogP contribution in [0.25, 0.3) is 0 Å². The van der Waals surface area contributed by atoms with Crippen LogP contribution in [0.1, 0.15) is 25.0 Å². The van der Waals surface area contributed by atoms with Crippen molar-refractivity contribution in [2.75, 3.05) is 59.4 Å². The third-order valence-electron chi connectivity index (χ3n) is 5.31. The highest BCUT2D eigenvalue weighted by Gasteiger charge is 2.17. The van der Waals surface area contributed by atoms with Crippen LogP contribution in [0.3, 0.4) is 0 Å². The molecule has 7 heteroatoms. The monoisotopic (exact) mass is 505 g/mol. The maximum atomic E-state index is 13.2. The fourth-order valence-corrected chi connectivity index (χ4v) is 3.54. The molecule has 0 bridgehead atoms. The first-order valence-corrected chi connectivity index (χ1v) is 10.2. The Morgan fingerprint density at radius 3 is 2.46 bits per heavy atom. The SMILES string of the molecule is CCN1CCN(CC(C)CNC(=NC)NCCc2ccc(F)cc2C)CC1.I. The van der Waals surface area contributed by atoms with E-state index in [2.05, 4.69) is 39.3 Å². The molecule has 0 spiro atoms. The van der Waals surface area contributed by atoms with Gasteiger partial charge in [-0.25, -0.2) is 4.39 Å². The van der Waals surface area contributed by atoms with E-state index >= 15 is 0 Å². The van der Waals surface area contributed by atoms with Gasteiger partial charge in [0.25, 0.3) is 0 Å². The number of nitrogens with zero attached hydrogens (tertiary/aromatic N) is 3. The number of nitrogens with one attached hydrogen (secondary N) is 2. The van der Waals surface area contributed by atoms with Crippen LogP contribution in [0.15, 0.2) is 23.2 Å². The van der Waals surface area contributed by atoms with Gasteiger partial charge in [0.15, 0.2) is 5.96 Å². The van der Waals surface area contributed by atoms with Crippen molar-refractivity contribution in [1.29, 1.82) is 0 Å². The number of benzene rings is 1. The number of piperazine rings is 1. The van der Waals surface area contributed by atoms with Crippen molar-refractivity contribution in [2.45, 2.75) is 27.2 Å². The normalized spacial score (nSPS) is 17.1. The molecule has 5 nitrogen and oxygen atoms in total. The molecule has 0 amide bonds. The summed E-state index contributed by atoms with van der Waals surface area (Å²) in [7, 11) is 1.80. The van der Waals surface area contributed by atoms with Crippen molar-refractivity contribution < 1.29 is 4.39 Å². The van der Waals surface area contributed by atoms with E-state index in [1.54, 1.807) is 13.1 Å². The van der Waals surface area contributed by atoms with Gasteiger partial charge in [-0.15, -0.1) is 24.0 Å². The molecule has 1 heterocycles. The van der Waals surface area contributed by atoms with Crippen LogP contribution < -0.4 is 10.6 Å². The van der Waals surface area contributed by atoms with Crippen molar-refractivity contribution in [3.05, 3.63) is 35.1 Å². The highest BCUT2D eigenvalue weighted by molar-refractivity contribution is 14.0. The van der Waals surface area contributed by atoms with E-state index in [0.29, 0.717) is 5.92 Å². The third-order valence-corrected chi connectivity index (χ3v) is 5.31. The summed E-state index contributed by atoms with van der Waals surface area (Å²) in [6.07, 6.45) is 0.851. The number of likely N-dealkylation sites (N-methyl/N-ethyl adjacent to an activating group) is 1.